The minimum absolute atomic E-state index is 0.176. The molecule has 98 valence electrons. The molecule has 0 saturated heterocycles. The number of benzene rings is 2. The van der Waals surface area contributed by atoms with Gasteiger partial charge in [-0.2, -0.15) is 0 Å². The lowest BCUT2D eigenvalue weighted by molar-refractivity contribution is 0.280. The number of para-hydroxylation sites is 1. The molecule has 0 bridgehead atoms. The zero-order valence-electron chi connectivity index (χ0n) is 10.7. The minimum Gasteiger partial charge on any atom is -0.508 e. The van der Waals surface area contributed by atoms with Gasteiger partial charge in [-0.05, 0) is 42.5 Å². The van der Waals surface area contributed by atoms with E-state index in [2.05, 4.69) is 0 Å². The van der Waals surface area contributed by atoms with Crippen LogP contribution < -0.4 is 0 Å². The van der Waals surface area contributed by atoms with Crippen LogP contribution >= 0.6 is 0 Å². The Kier molecular flexibility index (Phi) is 3.24. The van der Waals surface area contributed by atoms with Crippen LogP contribution in [0.15, 0.2) is 48.5 Å². The predicted molar refractivity (Wildman–Crippen MR) is 73.7 cm³/mol. The Labute approximate surface area is 112 Å². The molecule has 1 aliphatic rings. The number of hydrogen-bond acceptors (Lipinski definition) is 1. The van der Waals surface area contributed by atoms with Gasteiger partial charge in [0, 0.05) is 11.5 Å². The van der Waals surface area contributed by atoms with Gasteiger partial charge in [-0.25, -0.2) is 4.39 Å². The van der Waals surface area contributed by atoms with Crippen LogP contribution in [0.4, 0.5) is 4.39 Å². The molecule has 2 aromatic rings. The first kappa shape index (κ1) is 12.2. The fourth-order valence-electron chi connectivity index (χ4n) is 2.90. The number of rotatable bonds is 3. The molecule has 0 spiro atoms. The van der Waals surface area contributed by atoms with Gasteiger partial charge in [-0.15, -0.1) is 0 Å². The third kappa shape index (κ3) is 2.35. The van der Waals surface area contributed by atoms with Crippen molar-refractivity contribution >= 4 is 0 Å². The molecule has 19 heavy (non-hydrogen) atoms. The fraction of sp³-hybridized carbons (Fsp3) is 0.294. The number of phenols is 1. The molecule has 2 aromatic carbocycles. The van der Waals surface area contributed by atoms with Crippen molar-refractivity contribution in [2.75, 3.05) is 0 Å². The molecular weight excluding hydrogens is 239 g/mol. The summed E-state index contributed by atoms with van der Waals surface area (Å²) in [6, 6.07) is 14.2. The van der Waals surface area contributed by atoms with Gasteiger partial charge < -0.3 is 5.11 Å². The van der Waals surface area contributed by atoms with E-state index in [1.807, 2.05) is 30.3 Å². The maximum atomic E-state index is 13.1. The highest BCUT2D eigenvalue weighted by molar-refractivity contribution is 5.42. The Hall–Kier alpha value is -1.83. The van der Waals surface area contributed by atoms with Crippen molar-refractivity contribution < 1.29 is 9.50 Å². The van der Waals surface area contributed by atoms with E-state index in [0.717, 1.165) is 11.1 Å². The second-order valence-corrected chi connectivity index (χ2v) is 5.28. The summed E-state index contributed by atoms with van der Waals surface area (Å²) in [7, 11) is 0. The van der Waals surface area contributed by atoms with E-state index in [4.69, 9.17) is 0 Å². The first-order valence-corrected chi connectivity index (χ1v) is 6.79. The molecule has 0 amide bonds. The highest BCUT2D eigenvalue weighted by Crippen LogP contribution is 2.45. The number of phenolic OH excluding ortho intramolecular Hbond substituents is 1. The van der Waals surface area contributed by atoms with Gasteiger partial charge in [0.25, 0.3) is 0 Å². The van der Waals surface area contributed by atoms with Crippen molar-refractivity contribution in [2.24, 2.45) is 5.92 Å². The number of halogens is 1. The van der Waals surface area contributed by atoms with Crippen molar-refractivity contribution in [2.45, 2.75) is 25.2 Å². The third-order valence-electron chi connectivity index (χ3n) is 4.12. The van der Waals surface area contributed by atoms with Crippen LogP contribution in [-0.2, 0) is 0 Å². The SMILES string of the molecule is Oc1ccccc1C(c1ccc(F)cc1)C1CCC1. The molecule has 1 unspecified atom stereocenters. The summed E-state index contributed by atoms with van der Waals surface area (Å²) in [4.78, 5) is 0. The zero-order valence-corrected chi connectivity index (χ0v) is 10.7. The molecule has 3 rings (SSSR count). The average molecular weight is 256 g/mol. The quantitative estimate of drug-likeness (QED) is 0.859. The molecular formula is C17H17FO. The summed E-state index contributed by atoms with van der Waals surface area (Å²) in [5, 5.41) is 10.1. The van der Waals surface area contributed by atoms with Crippen LogP contribution in [0.3, 0.4) is 0 Å². The number of hydrogen-bond donors (Lipinski definition) is 1. The molecule has 1 saturated carbocycles. The van der Waals surface area contributed by atoms with Crippen molar-refractivity contribution in [1.29, 1.82) is 0 Å². The van der Waals surface area contributed by atoms with Crippen LogP contribution in [0.5, 0.6) is 5.75 Å². The maximum absolute atomic E-state index is 13.1. The van der Waals surface area contributed by atoms with Crippen LogP contribution in [0.1, 0.15) is 36.3 Å². The summed E-state index contributed by atoms with van der Waals surface area (Å²) < 4.78 is 13.1. The van der Waals surface area contributed by atoms with Gasteiger partial charge >= 0.3 is 0 Å². The van der Waals surface area contributed by atoms with Gasteiger partial charge in [-0.1, -0.05) is 36.8 Å². The van der Waals surface area contributed by atoms with Crippen molar-refractivity contribution in [3.63, 3.8) is 0 Å². The first-order chi connectivity index (χ1) is 9.25. The van der Waals surface area contributed by atoms with Gasteiger partial charge in [-0.3, -0.25) is 0 Å². The fourth-order valence-corrected chi connectivity index (χ4v) is 2.90. The summed E-state index contributed by atoms with van der Waals surface area (Å²) in [5.41, 5.74) is 2.05. The second-order valence-electron chi connectivity index (χ2n) is 5.28. The normalized spacial score (nSPS) is 16.9. The van der Waals surface area contributed by atoms with Gasteiger partial charge in [0.2, 0.25) is 0 Å². The van der Waals surface area contributed by atoms with E-state index in [1.165, 1.54) is 31.4 Å². The van der Waals surface area contributed by atoms with Crippen molar-refractivity contribution in [1.82, 2.24) is 0 Å². The molecule has 1 fully saturated rings. The van der Waals surface area contributed by atoms with E-state index in [9.17, 15) is 9.50 Å². The van der Waals surface area contributed by atoms with Crippen LogP contribution in [-0.4, -0.2) is 5.11 Å². The smallest absolute Gasteiger partial charge is 0.123 e. The topological polar surface area (TPSA) is 20.2 Å². The van der Waals surface area contributed by atoms with E-state index in [0.29, 0.717) is 11.7 Å². The summed E-state index contributed by atoms with van der Waals surface area (Å²) in [5.74, 6) is 0.853. The lowest BCUT2D eigenvalue weighted by Crippen LogP contribution is -2.21. The summed E-state index contributed by atoms with van der Waals surface area (Å²) >= 11 is 0. The van der Waals surface area contributed by atoms with E-state index >= 15 is 0 Å². The summed E-state index contributed by atoms with van der Waals surface area (Å²) in [6.45, 7) is 0. The standard InChI is InChI=1S/C17H17FO/c18-14-10-8-13(9-11-14)17(12-4-3-5-12)15-6-1-2-7-16(15)19/h1-2,6-12,17,19H,3-5H2. The minimum atomic E-state index is -0.214. The van der Waals surface area contributed by atoms with Crippen molar-refractivity contribution in [3.05, 3.63) is 65.5 Å². The monoisotopic (exact) mass is 256 g/mol. The van der Waals surface area contributed by atoms with Crippen LogP contribution in [0, 0.1) is 11.7 Å². The predicted octanol–water partition coefficient (Wildman–Crippen LogP) is 4.46. The molecule has 1 atom stereocenters. The Morgan fingerprint density at radius 3 is 2.26 bits per heavy atom. The molecule has 1 aliphatic carbocycles. The molecule has 0 radical (unpaired) electrons. The molecule has 0 heterocycles. The largest absolute Gasteiger partial charge is 0.508 e. The van der Waals surface area contributed by atoms with E-state index in [1.54, 1.807) is 6.07 Å². The Balaban J connectivity index is 2.02. The lowest BCUT2D eigenvalue weighted by atomic mass is 9.70. The molecule has 2 heteroatoms. The highest BCUT2D eigenvalue weighted by Gasteiger charge is 2.31. The Bertz CT molecular complexity index is 558. The molecule has 1 nitrogen and oxygen atoms in total. The zero-order chi connectivity index (χ0) is 13.2. The maximum Gasteiger partial charge on any atom is 0.123 e. The Morgan fingerprint density at radius 1 is 1.00 bits per heavy atom. The van der Waals surface area contributed by atoms with Gasteiger partial charge in [0.1, 0.15) is 11.6 Å². The highest BCUT2D eigenvalue weighted by atomic mass is 19.1. The summed E-state index contributed by atoms with van der Waals surface area (Å²) in [6.07, 6.45) is 3.60. The average Bonchev–Trinajstić information content (AvgIpc) is 2.36. The third-order valence-corrected chi connectivity index (χ3v) is 4.12. The lowest BCUT2D eigenvalue weighted by Gasteiger charge is -2.34. The van der Waals surface area contributed by atoms with Crippen molar-refractivity contribution in [3.8, 4) is 5.75 Å². The van der Waals surface area contributed by atoms with Crippen LogP contribution in [0.2, 0.25) is 0 Å². The molecule has 0 aliphatic heterocycles. The van der Waals surface area contributed by atoms with Crippen LogP contribution in [0.25, 0.3) is 0 Å². The van der Waals surface area contributed by atoms with Gasteiger partial charge in [0.05, 0.1) is 0 Å². The van der Waals surface area contributed by atoms with E-state index in [-0.39, 0.29) is 11.7 Å². The second kappa shape index (κ2) is 5.04. The van der Waals surface area contributed by atoms with E-state index < -0.39 is 0 Å². The number of aromatic hydroxyl groups is 1. The molecule has 0 aromatic heterocycles. The first-order valence-electron chi connectivity index (χ1n) is 6.79. The van der Waals surface area contributed by atoms with Gasteiger partial charge in [0.15, 0.2) is 0 Å². The Morgan fingerprint density at radius 2 is 1.68 bits per heavy atom. The molecule has 1 N–H and O–H groups in total.